The monoisotopic (exact) mass is 390 g/mol. The van der Waals surface area contributed by atoms with Gasteiger partial charge in [-0.1, -0.05) is 19.1 Å². The van der Waals surface area contributed by atoms with E-state index in [2.05, 4.69) is 24.5 Å². The number of carboxylic acid groups (broad SMARTS) is 1. The zero-order chi connectivity index (χ0) is 19.3. The second kappa shape index (κ2) is 9.83. The number of aliphatic carboxylic acids is 1. The van der Waals surface area contributed by atoms with Crippen molar-refractivity contribution in [3.63, 3.8) is 0 Å². The molecule has 2 aromatic carbocycles. The molecule has 0 amide bonds. The number of nitrogens with one attached hydrogen (secondary N) is 3. The van der Waals surface area contributed by atoms with Gasteiger partial charge < -0.3 is 21.5 Å². The van der Waals surface area contributed by atoms with E-state index in [0.29, 0.717) is 22.9 Å². The molecule has 7 heteroatoms. The van der Waals surface area contributed by atoms with Gasteiger partial charge in [0.1, 0.15) is 5.84 Å². The van der Waals surface area contributed by atoms with Gasteiger partial charge in [-0.3, -0.25) is 5.41 Å². The molecule has 0 aromatic heterocycles. The number of aryl methyl sites for hydroxylation is 1. The van der Waals surface area contributed by atoms with Crippen LogP contribution in [-0.2, 0) is 11.2 Å². The summed E-state index contributed by atoms with van der Waals surface area (Å²) in [6, 6.07) is 12.0. The molecule has 0 bridgehead atoms. The Kier molecular flexibility index (Phi) is 8.12. The van der Waals surface area contributed by atoms with Gasteiger partial charge in [-0.25, -0.2) is 4.79 Å². The van der Waals surface area contributed by atoms with Gasteiger partial charge in [0, 0.05) is 23.0 Å². The van der Waals surface area contributed by atoms with E-state index in [4.69, 9.17) is 11.1 Å². The minimum Gasteiger partial charge on any atom is -0.479 e. The summed E-state index contributed by atoms with van der Waals surface area (Å²) in [7, 11) is 0. The van der Waals surface area contributed by atoms with Crippen LogP contribution in [-0.4, -0.2) is 23.0 Å². The lowest BCUT2D eigenvalue weighted by molar-refractivity contribution is -0.138. The Hall–Kier alpha value is -2.73. The first-order chi connectivity index (χ1) is 12.3. The standard InChI is InChI=1S/C20H26N4O2.ClH/c1-4-13-11-15(7-10-17(13)23-12(2)3)18(20(25)26)24-16-8-5-14(6-9-16)19(21)22;/h5-12,18,23-24H,4H2,1-3H3,(H3,21,22)(H,25,26);1H. The SMILES string of the molecule is CCc1cc(C(Nc2ccc(C(=N)N)cc2)C(=O)O)ccc1NC(C)C.Cl. The minimum absolute atomic E-state index is 0. The van der Waals surface area contributed by atoms with Crippen molar-refractivity contribution in [2.24, 2.45) is 5.73 Å². The number of nitrogen functional groups attached to an aromatic ring is 1. The minimum atomic E-state index is -0.952. The molecule has 2 aromatic rings. The summed E-state index contributed by atoms with van der Waals surface area (Å²) in [6.07, 6.45) is 0.808. The van der Waals surface area contributed by atoms with Crippen molar-refractivity contribution in [1.29, 1.82) is 5.41 Å². The largest absolute Gasteiger partial charge is 0.479 e. The predicted octanol–water partition coefficient (Wildman–Crippen LogP) is 4.01. The molecule has 0 saturated carbocycles. The van der Waals surface area contributed by atoms with Gasteiger partial charge in [0.05, 0.1) is 0 Å². The third-order valence-corrected chi connectivity index (χ3v) is 4.04. The van der Waals surface area contributed by atoms with Crippen LogP contribution in [0, 0.1) is 5.41 Å². The number of halogens is 1. The molecule has 2 rings (SSSR count). The molecule has 1 atom stereocenters. The van der Waals surface area contributed by atoms with E-state index in [-0.39, 0.29) is 18.2 Å². The molecule has 0 aliphatic heterocycles. The van der Waals surface area contributed by atoms with Gasteiger partial charge in [0.25, 0.3) is 0 Å². The van der Waals surface area contributed by atoms with E-state index >= 15 is 0 Å². The maximum absolute atomic E-state index is 11.8. The van der Waals surface area contributed by atoms with Crippen molar-refractivity contribution in [2.45, 2.75) is 39.3 Å². The molecular formula is C20H27ClN4O2. The van der Waals surface area contributed by atoms with Crippen LogP contribution in [0.25, 0.3) is 0 Å². The van der Waals surface area contributed by atoms with E-state index < -0.39 is 12.0 Å². The van der Waals surface area contributed by atoms with Crippen molar-refractivity contribution < 1.29 is 9.90 Å². The van der Waals surface area contributed by atoms with Crippen molar-refractivity contribution in [2.75, 3.05) is 10.6 Å². The molecule has 0 spiro atoms. The number of nitrogens with two attached hydrogens (primary N) is 1. The van der Waals surface area contributed by atoms with Gasteiger partial charge >= 0.3 is 5.97 Å². The average Bonchev–Trinajstić information content (AvgIpc) is 2.59. The van der Waals surface area contributed by atoms with Crippen molar-refractivity contribution in [3.05, 3.63) is 59.2 Å². The van der Waals surface area contributed by atoms with Crippen molar-refractivity contribution in [3.8, 4) is 0 Å². The molecular weight excluding hydrogens is 364 g/mol. The van der Waals surface area contributed by atoms with Gasteiger partial charge in [-0.05, 0) is 61.7 Å². The van der Waals surface area contributed by atoms with Crippen LogP contribution < -0.4 is 16.4 Å². The Morgan fingerprint density at radius 1 is 1.15 bits per heavy atom. The predicted molar refractivity (Wildman–Crippen MR) is 113 cm³/mol. The number of carboxylic acids is 1. The summed E-state index contributed by atoms with van der Waals surface area (Å²) in [5.41, 5.74) is 9.50. The van der Waals surface area contributed by atoms with Crippen molar-refractivity contribution >= 4 is 35.6 Å². The maximum Gasteiger partial charge on any atom is 0.330 e. The molecule has 0 aliphatic rings. The maximum atomic E-state index is 11.8. The number of carbonyl (C=O) groups is 1. The highest BCUT2D eigenvalue weighted by Gasteiger charge is 2.21. The van der Waals surface area contributed by atoms with Gasteiger partial charge in [0.2, 0.25) is 0 Å². The highest BCUT2D eigenvalue weighted by atomic mass is 35.5. The highest BCUT2D eigenvalue weighted by molar-refractivity contribution is 5.95. The molecule has 0 heterocycles. The number of anilines is 2. The Morgan fingerprint density at radius 3 is 2.26 bits per heavy atom. The molecule has 1 unspecified atom stereocenters. The quantitative estimate of drug-likeness (QED) is 0.345. The number of rotatable bonds is 8. The number of benzene rings is 2. The Balaban J connectivity index is 0.00000364. The fourth-order valence-electron chi connectivity index (χ4n) is 2.74. The molecule has 0 saturated heterocycles. The molecule has 0 fully saturated rings. The Morgan fingerprint density at radius 2 is 1.78 bits per heavy atom. The molecule has 0 aliphatic carbocycles. The van der Waals surface area contributed by atoms with E-state index in [1.165, 1.54) is 0 Å². The number of hydrogen-bond acceptors (Lipinski definition) is 4. The Labute approximate surface area is 166 Å². The highest BCUT2D eigenvalue weighted by Crippen LogP contribution is 2.26. The van der Waals surface area contributed by atoms with Crippen molar-refractivity contribution in [1.82, 2.24) is 0 Å². The summed E-state index contributed by atoms with van der Waals surface area (Å²) in [4.78, 5) is 11.8. The van der Waals surface area contributed by atoms with Gasteiger partial charge in [0.15, 0.2) is 6.04 Å². The zero-order valence-corrected chi connectivity index (χ0v) is 16.6. The molecule has 146 valence electrons. The fourth-order valence-corrected chi connectivity index (χ4v) is 2.74. The van der Waals surface area contributed by atoms with Gasteiger partial charge in [-0.2, -0.15) is 0 Å². The van der Waals surface area contributed by atoms with E-state index in [9.17, 15) is 9.90 Å². The van der Waals surface area contributed by atoms with Crippen LogP contribution in [0.2, 0.25) is 0 Å². The number of amidine groups is 1. The normalized spacial score (nSPS) is 11.4. The molecule has 6 N–H and O–H groups in total. The van der Waals surface area contributed by atoms with Crippen LogP contribution in [0.1, 0.15) is 43.5 Å². The smallest absolute Gasteiger partial charge is 0.330 e. The van der Waals surface area contributed by atoms with Crippen LogP contribution in [0.4, 0.5) is 11.4 Å². The van der Waals surface area contributed by atoms with Crippen LogP contribution in [0.15, 0.2) is 42.5 Å². The summed E-state index contributed by atoms with van der Waals surface area (Å²) >= 11 is 0. The lowest BCUT2D eigenvalue weighted by atomic mass is 10.00. The number of hydrogen-bond donors (Lipinski definition) is 5. The third-order valence-electron chi connectivity index (χ3n) is 4.04. The summed E-state index contributed by atoms with van der Waals surface area (Å²) in [6.45, 7) is 6.19. The first-order valence-corrected chi connectivity index (χ1v) is 8.65. The van der Waals surface area contributed by atoms with Crippen LogP contribution in [0.5, 0.6) is 0 Å². The van der Waals surface area contributed by atoms with E-state index in [0.717, 1.165) is 17.7 Å². The summed E-state index contributed by atoms with van der Waals surface area (Å²) in [5, 5.41) is 23.5. The molecule has 0 radical (unpaired) electrons. The first-order valence-electron chi connectivity index (χ1n) is 8.65. The Bertz CT molecular complexity index is 791. The second-order valence-corrected chi connectivity index (χ2v) is 6.48. The van der Waals surface area contributed by atoms with Crippen LogP contribution >= 0.6 is 12.4 Å². The van der Waals surface area contributed by atoms with Crippen LogP contribution in [0.3, 0.4) is 0 Å². The van der Waals surface area contributed by atoms with E-state index in [1.807, 2.05) is 25.1 Å². The first kappa shape index (κ1) is 22.3. The summed E-state index contributed by atoms with van der Waals surface area (Å²) < 4.78 is 0. The van der Waals surface area contributed by atoms with E-state index in [1.54, 1.807) is 24.3 Å². The average molecular weight is 391 g/mol. The lowest BCUT2D eigenvalue weighted by Crippen LogP contribution is -2.21. The topological polar surface area (TPSA) is 111 Å². The third kappa shape index (κ3) is 5.89. The molecule has 27 heavy (non-hydrogen) atoms. The summed E-state index contributed by atoms with van der Waals surface area (Å²) in [5.74, 6) is -0.973. The molecule has 6 nitrogen and oxygen atoms in total. The fraction of sp³-hybridized carbons (Fsp3) is 0.300. The lowest BCUT2D eigenvalue weighted by Gasteiger charge is -2.20. The van der Waals surface area contributed by atoms with Gasteiger partial charge in [-0.15, -0.1) is 12.4 Å². The second-order valence-electron chi connectivity index (χ2n) is 6.48. The zero-order valence-electron chi connectivity index (χ0n) is 15.7.